The average molecular weight is 295 g/mol. The molecule has 108 valence electrons. The lowest BCUT2D eigenvalue weighted by molar-refractivity contribution is 0.471. The number of nitrogens with zero attached hydrogens (tertiary/aromatic N) is 4. The van der Waals surface area contributed by atoms with Crippen LogP contribution < -0.4 is 5.73 Å². The number of aryl methyl sites for hydroxylation is 1. The van der Waals surface area contributed by atoms with Crippen LogP contribution in [0.2, 0.25) is 0 Å². The van der Waals surface area contributed by atoms with Gasteiger partial charge in [-0.15, -0.1) is 0 Å². The molecule has 0 fully saturated rings. The Balaban J connectivity index is 2.12. The molecule has 0 spiro atoms. The first-order chi connectivity index (χ1) is 9.41. The number of likely N-dealkylation sites (N-methyl/N-ethyl adjacent to an activating group) is 1. The highest BCUT2D eigenvalue weighted by Gasteiger charge is 2.25. The third-order valence-electron chi connectivity index (χ3n) is 2.92. The maximum absolute atomic E-state index is 12.4. The first kappa shape index (κ1) is 14.5. The van der Waals surface area contributed by atoms with E-state index < -0.39 is 10.0 Å². The van der Waals surface area contributed by atoms with Gasteiger partial charge in [-0.2, -0.15) is 5.10 Å². The van der Waals surface area contributed by atoms with E-state index in [1.807, 2.05) is 18.2 Å². The Morgan fingerprint density at radius 2 is 2.15 bits per heavy atom. The number of anilines is 1. The van der Waals surface area contributed by atoms with Crippen molar-refractivity contribution in [2.24, 2.45) is 7.05 Å². The van der Waals surface area contributed by atoms with Crippen molar-refractivity contribution < 1.29 is 8.42 Å². The predicted octanol–water partition coefficient (Wildman–Crippen LogP) is 0.260. The summed E-state index contributed by atoms with van der Waals surface area (Å²) in [5.74, 6) is 0.0113. The smallest absolute Gasteiger partial charge is 0.248 e. The zero-order chi connectivity index (χ0) is 14.8. The van der Waals surface area contributed by atoms with Crippen molar-refractivity contribution in [1.29, 1.82) is 0 Å². The molecule has 0 radical (unpaired) electrons. The summed E-state index contributed by atoms with van der Waals surface area (Å²) in [6.45, 7) is 0.327. The molecule has 0 unspecified atom stereocenters. The van der Waals surface area contributed by atoms with Gasteiger partial charge >= 0.3 is 0 Å². The van der Waals surface area contributed by atoms with Crippen LogP contribution in [0.25, 0.3) is 0 Å². The van der Waals surface area contributed by atoms with E-state index in [1.165, 1.54) is 22.2 Å². The lowest BCUT2D eigenvalue weighted by Gasteiger charge is -2.16. The fraction of sp³-hybridized carbons (Fsp3) is 0.333. The third-order valence-corrected chi connectivity index (χ3v) is 4.79. The summed E-state index contributed by atoms with van der Waals surface area (Å²) in [5, 5.41) is 3.85. The number of nitrogens with two attached hydrogens (primary N) is 1. The van der Waals surface area contributed by atoms with Crippen molar-refractivity contribution in [2.45, 2.75) is 11.3 Å². The predicted molar refractivity (Wildman–Crippen MR) is 75.4 cm³/mol. The molecule has 0 saturated heterocycles. The maximum atomic E-state index is 12.4. The number of rotatable bonds is 5. The molecule has 2 aromatic heterocycles. The SMILES string of the molecule is CN(CCc1ccccn1)S(=O)(=O)c1cn(C)nc1N. The highest BCUT2D eigenvalue weighted by atomic mass is 32.2. The zero-order valence-electron chi connectivity index (χ0n) is 11.4. The molecule has 2 heterocycles. The van der Waals surface area contributed by atoms with Crippen molar-refractivity contribution in [3.8, 4) is 0 Å². The number of hydrogen-bond donors (Lipinski definition) is 1. The second-order valence-corrected chi connectivity index (χ2v) is 6.46. The molecule has 0 bridgehead atoms. The van der Waals surface area contributed by atoms with Crippen molar-refractivity contribution in [3.63, 3.8) is 0 Å². The van der Waals surface area contributed by atoms with Crippen molar-refractivity contribution >= 4 is 15.8 Å². The minimum absolute atomic E-state index is 0.0113. The van der Waals surface area contributed by atoms with Crippen LogP contribution in [-0.4, -0.2) is 41.1 Å². The van der Waals surface area contributed by atoms with Crippen molar-refractivity contribution in [2.75, 3.05) is 19.3 Å². The minimum atomic E-state index is -3.62. The molecule has 0 atom stereocenters. The van der Waals surface area contributed by atoms with Gasteiger partial charge in [-0.1, -0.05) is 6.07 Å². The highest BCUT2D eigenvalue weighted by molar-refractivity contribution is 7.89. The average Bonchev–Trinajstić information content (AvgIpc) is 2.77. The Labute approximate surface area is 118 Å². The monoisotopic (exact) mass is 295 g/mol. The standard InChI is InChI=1S/C12H17N5O2S/c1-16-9-11(12(13)15-16)20(18,19)17(2)8-6-10-5-3-4-7-14-10/h3-5,7,9H,6,8H2,1-2H3,(H2,13,15). The Kier molecular flexibility index (Phi) is 4.05. The van der Waals surface area contributed by atoms with E-state index in [1.54, 1.807) is 13.2 Å². The number of hydrogen-bond acceptors (Lipinski definition) is 5. The molecule has 2 N–H and O–H groups in total. The molecule has 7 nitrogen and oxygen atoms in total. The molecule has 2 rings (SSSR count). The summed E-state index contributed by atoms with van der Waals surface area (Å²) in [6, 6.07) is 5.55. The number of sulfonamides is 1. The molecule has 8 heteroatoms. The summed E-state index contributed by atoms with van der Waals surface area (Å²) in [4.78, 5) is 4.20. The molecule has 2 aromatic rings. The number of pyridine rings is 1. The number of nitrogen functional groups attached to an aromatic ring is 1. The van der Waals surface area contributed by atoms with Crippen LogP contribution in [0.4, 0.5) is 5.82 Å². The van der Waals surface area contributed by atoms with E-state index in [4.69, 9.17) is 5.73 Å². The summed E-state index contributed by atoms with van der Waals surface area (Å²) in [5.41, 5.74) is 6.46. The van der Waals surface area contributed by atoms with Crippen LogP contribution >= 0.6 is 0 Å². The second-order valence-electron chi connectivity index (χ2n) is 4.45. The summed E-state index contributed by atoms with van der Waals surface area (Å²) >= 11 is 0. The van der Waals surface area contributed by atoms with Gasteiger partial charge in [0.05, 0.1) is 0 Å². The Morgan fingerprint density at radius 3 is 2.70 bits per heavy atom. The fourth-order valence-electron chi connectivity index (χ4n) is 1.79. The molecular formula is C12H17N5O2S. The van der Waals surface area contributed by atoms with E-state index in [9.17, 15) is 8.42 Å². The maximum Gasteiger partial charge on any atom is 0.248 e. The van der Waals surface area contributed by atoms with Crippen LogP contribution in [0, 0.1) is 0 Å². The normalized spacial score (nSPS) is 11.9. The van der Waals surface area contributed by atoms with Crippen LogP contribution in [0.1, 0.15) is 5.69 Å². The molecule has 0 amide bonds. The lowest BCUT2D eigenvalue weighted by Crippen LogP contribution is -2.29. The molecular weight excluding hydrogens is 278 g/mol. The van der Waals surface area contributed by atoms with Gasteiger partial charge in [-0.25, -0.2) is 12.7 Å². The second kappa shape index (κ2) is 5.59. The summed E-state index contributed by atoms with van der Waals surface area (Å²) < 4.78 is 27.4. The van der Waals surface area contributed by atoms with Crippen molar-refractivity contribution in [1.82, 2.24) is 19.1 Å². The van der Waals surface area contributed by atoms with E-state index in [-0.39, 0.29) is 10.7 Å². The van der Waals surface area contributed by atoms with Gasteiger partial charge in [0, 0.05) is 45.1 Å². The van der Waals surface area contributed by atoms with Crippen molar-refractivity contribution in [3.05, 3.63) is 36.3 Å². The largest absolute Gasteiger partial charge is 0.381 e. The molecule has 20 heavy (non-hydrogen) atoms. The first-order valence-corrected chi connectivity index (χ1v) is 7.50. The zero-order valence-corrected chi connectivity index (χ0v) is 12.2. The van der Waals surface area contributed by atoms with E-state index >= 15 is 0 Å². The third kappa shape index (κ3) is 2.97. The van der Waals surface area contributed by atoms with Gasteiger partial charge in [0.1, 0.15) is 4.90 Å². The summed E-state index contributed by atoms with van der Waals surface area (Å²) in [6.07, 6.45) is 3.63. The van der Waals surface area contributed by atoms with E-state index in [0.29, 0.717) is 13.0 Å². The molecule has 0 aliphatic rings. The van der Waals surface area contributed by atoms with Gasteiger partial charge in [0.25, 0.3) is 0 Å². The highest BCUT2D eigenvalue weighted by Crippen LogP contribution is 2.19. The lowest BCUT2D eigenvalue weighted by atomic mass is 10.3. The van der Waals surface area contributed by atoms with E-state index in [2.05, 4.69) is 10.1 Å². The molecule has 0 saturated carbocycles. The molecule has 0 aliphatic heterocycles. The van der Waals surface area contributed by atoms with Gasteiger partial charge in [-0.05, 0) is 12.1 Å². The van der Waals surface area contributed by atoms with Gasteiger partial charge in [0.2, 0.25) is 10.0 Å². The van der Waals surface area contributed by atoms with Gasteiger partial charge in [-0.3, -0.25) is 9.67 Å². The Bertz CT molecular complexity index is 681. The van der Waals surface area contributed by atoms with Crippen LogP contribution in [0.5, 0.6) is 0 Å². The Morgan fingerprint density at radius 1 is 1.40 bits per heavy atom. The van der Waals surface area contributed by atoms with Gasteiger partial charge < -0.3 is 5.73 Å². The summed E-state index contributed by atoms with van der Waals surface area (Å²) in [7, 11) is -0.475. The molecule has 0 aromatic carbocycles. The van der Waals surface area contributed by atoms with Gasteiger partial charge in [0.15, 0.2) is 5.82 Å². The topological polar surface area (TPSA) is 94.1 Å². The van der Waals surface area contributed by atoms with E-state index in [0.717, 1.165) is 5.69 Å². The fourth-order valence-corrected chi connectivity index (χ4v) is 3.05. The molecule has 0 aliphatic carbocycles. The van der Waals surface area contributed by atoms with Crippen LogP contribution in [0.3, 0.4) is 0 Å². The van der Waals surface area contributed by atoms with Crippen LogP contribution in [-0.2, 0) is 23.5 Å². The van der Waals surface area contributed by atoms with Crippen LogP contribution in [0.15, 0.2) is 35.5 Å². The minimum Gasteiger partial charge on any atom is -0.381 e. The first-order valence-electron chi connectivity index (χ1n) is 6.06. The quantitative estimate of drug-likeness (QED) is 0.854. The number of aromatic nitrogens is 3. The Hall–Kier alpha value is -1.93.